The molecule has 0 aliphatic carbocycles. The van der Waals surface area contributed by atoms with Crippen LogP contribution in [-0.4, -0.2) is 185 Å². The molecule has 1 aromatic heterocycles. The summed E-state index contributed by atoms with van der Waals surface area (Å²) in [6, 6.07) is -8.50. The highest BCUT2D eigenvalue weighted by atomic mass is 16.4. The van der Waals surface area contributed by atoms with Crippen molar-refractivity contribution in [2.45, 2.75) is 152 Å². The van der Waals surface area contributed by atoms with Gasteiger partial charge in [-0.05, 0) is 69.6 Å². The summed E-state index contributed by atoms with van der Waals surface area (Å²) in [6.45, 7) is 4.64. The number of primary amides is 2. The van der Waals surface area contributed by atoms with Crippen molar-refractivity contribution in [3.05, 3.63) is 48.0 Å². The summed E-state index contributed by atoms with van der Waals surface area (Å²) in [5.41, 5.74) is 17.0. The number of aliphatic hydroxyl groups is 3. The minimum Gasteiger partial charge on any atom is -0.508 e. The fourth-order valence-electron chi connectivity index (χ4n) is 7.91. The van der Waals surface area contributed by atoms with E-state index in [0.29, 0.717) is 11.3 Å². The van der Waals surface area contributed by atoms with Crippen LogP contribution in [0.4, 0.5) is 0 Å². The first-order valence-corrected chi connectivity index (χ1v) is 24.4. The maximum atomic E-state index is 14.3. The molecule has 0 unspecified atom stereocenters. The molecular weight excluding hydrogens is 1000 g/mol. The summed E-state index contributed by atoms with van der Waals surface area (Å²) in [7, 11) is 0. The number of nitrogens with one attached hydrogen (secondary N) is 8. The molecule has 0 saturated carbocycles. The van der Waals surface area contributed by atoms with Crippen molar-refractivity contribution in [3.63, 3.8) is 0 Å². The minimum absolute atomic E-state index is 0.0342. The maximum absolute atomic E-state index is 14.3. The lowest BCUT2D eigenvalue weighted by Crippen LogP contribution is -2.62. The molecule has 76 heavy (non-hydrogen) atoms. The predicted molar refractivity (Wildman–Crippen MR) is 265 cm³/mol. The molecule has 29 heteroatoms. The summed E-state index contributed by atoms with van der Waals surface area (Å²) < 4.78 is 0. The molecule has 1 aliphatic heterocycles. The van der Waals surface area contributed by atoms with Gasteiger partial charge in [-0.15, -0.1) is 0 Å². The van der Waals surface area contributed by atoms with Gasteiger partial charge in [0, 0.05) is 44.1 Å². The van der Waals surface area contributed by atoms with E-state index in [4.69, 9.17) is 17.2 Å². The van der Waals surface area contributed by atoms with Gasteiger partial charge < -0.3 is 89.8 Å². The number of carboxylic acid groups (broad SMARTS) is 1. The zero-order valence-corrected chi connectivity index (χ0v) is 42.5. The Bertz CT molecular complexity index is 2350. The Morgan fingerprint density at radius 3 is 1.72 bits per heavy atom. The largest absolute Gasteiger partial charge is 0.508 e. The van der Waals surface area contributed by atoms with Crippen molar-refractivity contribution in [3.8, 4) is 5.75 Å². The molecule has 0 spiro atoms. The number of aliphatic carboxylic acids is 1. The third-order valence-corrected chi connectivity index (χ3v) is 12.1. The standard InChI is InChI=1S/C47H71N13O16/c1-22(2)16-30(43(71)59-38(24(4)63)47(75)76)56-45(73)34-6-5-15-60(34)46(74)37(23(3)62)58-44(72)33(20-61)57-41(69)31(17-25-7-9-27(64)10-8-25)54-42(70)32(18-26-19-51-21-52-26)55-40(68)29(12-14-36(50)66)53-39(67)28(48)11-13-35(49)65/h7-10,19,21-24,28-34,37-38,61-64H,5-6,11-18,20,48H2,1-4H3,(H2,49,65)(H2,50,66)(H,51,52)(H,53,67)(H,54,70)(H,55,68)(H,56,73)(H,57,69)(H,58,72)(H,59,71)(H,75,76)/t23-,24-,28+,29+,30+,31+,32+,33+,34+,37+,38+/m1/s1. The smallest absolute Gasteiger partial charge is 0.328 e. The Hall–Kier alpha value is -7.76. The Labute approximate surface area is 436 Å². The molecule has 1 saturated heterocycles. The van der Waals surface area contributed by atoms with Crippen molar-refractivity contribution < 1.29 is 78.3 Å². The number of hydrogen-bond acceptors (Lipinski definition) is 17. The molecule has 1 fully saturated rings. The zero-order valence-electron chi connectivity index (χ0n) is 42.5. The van der Waals surface area contributed by atoms with Gasteiger partial charge in [0.1, 0.15) is 48.0 Å². The number of aromatic nitrogens is 2. The second kappa shape index (κ2) is 30.0. The number of amides is 10. The van der Waals surface area contributed by atoms with E-state index in [9.17, 15) is 78.3 Å². The fraction of sp³-hybridized carbons (Fsp3) is 0.574. The van der Waals surface area contributed by atoms with Crippen molar-refractivity contribution >= 4 is 65.0 Å². The monoisotopic (exact) mass is 1070 g/mol. The van der Waals surface area contributed by atoms with Gasteiger partial charge in [-0.1, -0.05) is 26.0 Å². The highest BCUT2D eigenvalue weighted by Crippen LogP contribution is 2.21. The number of likely N-dealkylation sites (tertiary alicyclic amines) is 1. The van der Waals surface area contributed by atoms with Crippen LogP contribution in [0.25, 0.3) is 0 Å². The van der Waals surface area contributed by atoms with E-state index in [-0.39, 0.29) is 69.6 Å². The molecule has 0 radical (unpaired) electrons. The number of rotatable bonds is 31. The molecule has 3 rings (SSSR count). The molecule has 11 atom stereocenters. The van der Waals surface area contributed by atoms with E-state index in [2.05, 4.69) is 47.2 Å². The third kappa shape index (κ3) is 19.8. The lowest BCUT2D eigenvalue weighted by atomic mass is 10.0. The first-order chi connectivity index (χ1) is 35.7. The van der Waals surface area contributed by atoms with Crippen LogP contribution in [0.2, 0.25) is 0 Å². The first-order valence-electron chi connectivity index (χ1n) is 24.4. The number of nitrogens with two attached hydrogens (primary N) is 3. The Balaban J connectivity index is 1.87. The van der Waals surface area contributed by atoms with E-state index < -0.39 is 145 Å². The normalized spacial score (nSPS) is 17.2. The number of aliphatic hydroxyl groups excluding tert-OH is 3. The van der Waals surface area contributed by atoms with Crippen LogP contribution in [0, 0.1) is 5.92 Å². The van der Waals surface area contributed by atoms with Gasteiger partial charge in [0.2, 0.25) is 59.1 Å². The summed E-state index contributed by atoms with van der Waals surface area (Å²) in [5.74, 6) is -11.3. The Kier molecular flexibility index (Phi) is 24.6. The summed E-state index contributed by atoms with van der Waals surface area (Å²) in [5, 5.41) is 67.4. The second-order valence-corrected chi connectivity index (χ2v) is 18.9. The van der Waals surface area contributed by atoms with Crippen molar-refractivity contribution in [2.75, 3.05) is 13.2 Å². The zero-order chi connectivity index (χ0) is 57.0. The van der Waals surface area contributed by atoms with Crippen molar-refractivity contribution in [1.82, 2.24) is 52.1 Å². The van der Waals surface area contributed by atoms with Crippen LogP contribution >= 0.6 is 0 Å². The SMILES string of the molecule is CC(C)C[C@H](NC(=O)[C@@H]1CCCN1C(=O)[C@@H](NC(=O)[C@H](CO)NC(=O)[C@H](Cc1ccc(O)cc1)NC(=O)[C@H](Cc1cnc[nH]1)NC(=O)[C@H](CCC(N)=O)NC(=O)[C@@H](N)CCC(N)=O)[C@@H](C)O)C(=O)N[C@H](C(=O)O)[C@@H](C)O. The topological polar surface area (TPSA) is 483 Å². The number of H-pyrrole nitrogens is 1. The van der Waals surface area contributed by atoms with E-state index in [1.807, 2.05) is 0 Å². The third-order valence-electron chi connectivity index (χ3n) is 12.1. The molecule has 19 N–H and O–H groups in total. The van der Waals surface area contributed by atoms with Crippen LogP contribution in [0.3, 0.4) is 0 Å². The second-order valence-electron chi connectivity index (χ2n) is 18.9. The number of aromatic hydroxyl groups is 1. The Morgan fingerprint density at radius 2 is 1.20 bits per heavy atom. The minimum atomic E-state index is -1.87. The number of imidazole rings is 1. The quantitative estimate of drug-likeness (QED) is 0.0334. The molecule has 2 heterocycles. The van der Waals surface area contributed by atoms with Crippen LogP contribution in [0.5, 0.6) is 5.75 Å². The van der Waals surface area contributed by atoms with Crippen molar-refractivity contribution in [2.24, 2.45) is 23.1 Å². The number of nitrogens with zero attached hydrogens (tertiary/aromatic N) is 2. The average Bonchev–Trinajstić information content (AvgIpc) is 4.07. The van der Waals surface area contributed by atoms with Crippen LogP contribution in [0.15, 0.2) is 36.8 Å². The molecule has 0 bridgehead atoms. The number of benzene rings is 1. The number of carbonyl (C=O) groups is 11. The van der Waals surface area contributed by atoms with Crippen LogP contribution in [-0.2, 0) is 65.6 Å². The van der Waals surface area contributed by atoms with Gasteiger partial charge in [0.05, 0.1) is 31.2 Å². The number of carbonyl (C=O) groups excluding carboxylic acids is 10. The Morgan fingerprint density at radius 1 is 0.684 bits per heavy atom. The molecule has 29 nitrogen and oxygen atoms in total. The number of phenolic OH excluding ortho intramolecular Hbond substituents is 1. The lowest BCUT2D eigenvalue weighted by molar-refractivity contribution is -0.146. The van der Waals surface area contributed by atoms with E-state index in [0.717, 1.165) is 18.7 Å². The van der Waals surface area contributed by atoms with Crippen molar-refractivity contribution in [1.29, 1.82) is 0 Å². The highest BCUT2D eigenvalue weighted by molar-refractivity contribution is 5.98. The molecule has 1 aromatic carbocycles. The first kappa shape index (κ1) is 62.5. The van der Waals surface area contributed by atoms with Gasteiger partial charge in [0.25, 0.3) is 0 Å². The van der Waals surface area contributed by atoms with Crippen LogP contribution in [0.1, 0.15) is 83.9 Å². The number of aromatic amines is 1. The molecular formula is C47H71N13O16. The summed E-state index contributed by atoms with van der Waals surface area (Å²) >= 11 is 0. The van der Waals surface area contributed by atoms with E-state index in [1.54, 1.807) is 13.8 Å². The van der Waals surface area contributed by atoms with E-state index in [1.165, 1.54) is 36.8 Å². The summed E-state index contributed by atoms with van der Waals surface area (Å²) in [4.78, 5) is 153. The fourth-order valence-corrected chi connectivity index (χ4v) is 7.91. The van der Waals surface area contributed by atoms with Gasteiger partial charge in [0.15, 0.2) is 6.04 Å². The number of carboxylic acids is 1. The van der Waals surface area contributed by atoms with Gasteiger partial charge in [-0.25, -0.2) is 9.78 Å². The molecule has 10 amide bonds. The van der Waals surface area contributed by atoms with Crippen LogP contribution < -0.4 is 54.4 Å². The lowest BCUT2D eigenvalue weighted by Gasteiger charge is -2.32. The number of hydrogen-bond donors (Lipinski definition) is 16. The highest BCUT2D eigenvalue weighted by Gasteiger charge is 2.42. The van der Waals surface area contributed by atoms with Gasteiger partial charge >= 0.3 is 5.97 Å². The number of phenols is 1. The van der Waals surface area contributed by atoms with E-state index >= 15 is 0 Å². The average molecular weight is 1070 g/mol. The molecule has 2 aromatic rings. The van der Waals surface area contributed by atoms with Gasteiger partial charge in [-0.2, -0.15) is 0 Å². The molecule has 420 valence electrons. The summed E-state index contributed by atoms with van der Waals surface area (Å²) in [6.07, 6.45) is -1.99. The predicted octanol–water partition coefficient (Wildman–Crippen LogP) is -5.97. The van der Waals surface area contributed by atoms with Gasteiger partial charge in [-0.3, -0.25) is 47.9 Å². The maximum Gasteiger partial charge on any atom is 0.328 e. The molecule has 1 aliphatic rings.